The van der Waals surface area contributed by atoms with Crippen molar-refractivity contribution < 1.29 is 9.59 Å². The van der Waals surface area contributed by atoms with Crippen LogP contribution in [0.25, 0.3) is 0 Å². The van der Waals surface area contributed by atoms with Gasteiger partial charge in [-0.1, -0.05) is 11.6 Å². The topological polar surface area (TPSA) is 62.0 Å². The van der Waals surface area contributed by atoms with Crippen molar-refractivity contribution in [3.63, 3.8) is 0 Å². The van der Waals surface area contributed by atoms with E-state index in [1.165, 1.54) is 19.2 Å². The van der Waals surface area contributed by atoms with Crippen molar-refractivity contribution in [3.05, 3.63) is 52.3 Å². The van der Waals surface area contributed by atoms with Crippen LogP contribution in [-0.4, -0.2) is 16.7 Å². The molecular weight excluding hydrogens is 264 g/mol. The number of nitrogens with one attached hydrogen (secondary N) is 2. The van der Waals surface area contributed by atoms with Gasteiger partial charge in [0, 0.05) is 22.5 Å². The minimum absolute atomic E-state index is 0.0852. The van der Waals surface area contributed by atoms with Gasteiger partial charge in [-0.05, 0) is 43.7 Å². The van der Waals surface area contributed by atoms with Gasteiger partial charge >= 0.3 is 0 Å². The summed E-state index contributed by atoms with van der Waals surface area (Å²) in [7, 11) is 0. The number of ketones is 1. The Morgan fingerprint density at radius 2 is 2.00 bits per heavy atom. The van der Waals surface area contributed by atoms with Gasteiger partial charge < -0.3 is 10.3 Å². The number of aromatic nitrogens is 1. The third kappa shape index (κ3) is 3.03. The molecule has 0 aliphatic rings. The molecule has 0 aliphatic heterocycles. The van der Waals surface area contributed by atoms with Crippen LogP contribution in [0.4, 0.5) is 5.69 Å². The van der Waals surface area contributed by atoms with Gasteiger partial charge in [0.25, 0.3) is 5.91 Å². The molecule has 0 unspecified atom stereocenters. The number of aryl methyl sites for hydroxylation is 1. The highest BCUT2D eigenvalue weighted by Gasteiger charge is 2.11. The van der Waals surface area contributed by atoms with E-state index in [4.69, 9.17) is 11.6 Å². The second kappa shape index (κ2) is 5.28. The lowest BCUT2D eigenvalue weighted by Gasteiger charge is -2.07. The lowest BCUT2D eigenvalue weighted by atomic mass is 10.2. The zero-order valence-electron chi connectivity index (χ0n) is 10.6. The maximum atomic E-state index is 12.0. The first kappa shape index (κ1) is 13.4. The number of anilines is 1. The molecule has 0 saturated carbocycles. The molecule has 0 saturated heterocycles. The van der Waals surface area contributed by atoms with E-state index in [9.17, 15) is 9.59 Å². The van der Waals surface area contributed by atoms with Crippen LogP contribution in [0.2, 0.25) is 5.02 Å². The zero-order chi connectivity index (χ0) is 14.0. The summed E-state index contributed by atoms with van der Waals surface area (Å²) >= 11 is 5.85. The quantitative estimate of drug-likeness (QED) is 0.844. The monoisotopic (exact) mass is 276 g/mol. The lowest BCUT2D eigenvalue weighted by molar-refractivity contribution is 0.101. The molecule has 5 heteroatoms. The summed E-state index contributed by atoms with van der Waals surface area (Å²) in [5.74, 6) is -0.379. The second-order valence-corrected chi connectivity index (χ2v) is 4.71. The highest BCUT2D eigenvalue weighted by atomic mass is 35.5. The number of benzene rings is 1. The van der Waals surface area contributed by atoms with Crippen molar-refractivity contribution in [2.45, 2.75) is 13.8 Å². The van der Waals surface area contributed by atoms with Crippen LogP contribution in [0.15, 0.2) is 30.5 Å². The van der Waals surface area contributed by atoms with E-state index in [0.717, 1.165) is 5.56 Å². The maximum Gasteiger partial charge on any atom is 0.272 e. The van der Waals surface area contributed by atoms with Gasteiger partial charge in [-0.15, -0.1) is 0 Å². The van der Waals surface area contributed by atoms with Crippen LogP contribution < -0.4 is 5.32 Å². The number of hydrogen-bond donors (Lipinski definition) is 2. The predicted octanol–water partition coefficient (Wildman–Crippen LogP) is 3.43. The standard InChI is InChI=1S/C14H13ClN2O2/c1-8-5-11(15)3-4-12(8)17-14(19)13-6-10(7-16-13)9(2)18/h3-7,16H,1-2H3,(H,17,19). The van der Waals surface area contributed by atoms with Gasteiger partial charge in [0.1, 0.15) is 5.69 Å². The van der Waals surface area contributed by atoms with Crippen LogP contribution in [0, 0.1) is 6.92 Å². The first-order valence-electron chi connectivity index (χ1n) is 5.74. The molecule has 0 fully saturated rings. The van der Waals surface area contributed by atoms with E-state index < -0.39 is 0 Å². The Labute approximate surface area is 115 Å². The van der Waals surface area contributed by atoms with E-state index in [1.807, 2.05) is 6.92 Å². The van der Waals surface area contributed by atoms with Crippen molar-refractivity contribution >= 4 is 29.0 Å². The molecule has 2 N–H and O–H groups in total. The largest absolute Gasteiger partial charge is 0.356 e. The van der Waals surface area contributed by atoms with Gasteiger partial charge in [0.05, 0.1) is 0 Å². The number of rotatable bonds is 3. The first-order chi connectivity index (χ1) is 8.97. The average Bonchev–Trinajstić information content (AvgIpc) is 2.82. The molecular formula is C14H13ClN2O2. The third-order valence-electron chi connectivity index (χ3n) is 2.77. The zero-order valence-corrected chi connectivity index (χ0v) is 11.3. The third-order valence-corrected chi connectivity index (χ3v) is 3.01. The van der Waals surface area contributed by atoms with Crippen LogP contribution in [0.5, 0.6) is 0 Å². The Kier molecular flexibility index (Phi) is 3.71. The van der Waals surface area contributed by atoms with E-state index in [1.54, 1.807) is 18.2 Å². The summed E-state index contributed by atoms with van der Waals surface area (Å²) in [5, 5.41) is 3.39. The number of carbonyl (C=O) groups excluding carboxylic acids is 2. The van der Waals surface area contributed by atoms with Crippen molar-refractivity contribution in [2.24, 2.45) is 0 Å². The molecule has 1 heterocycles. The maximum absolute atomic E-state index is 12.0. The Bertz CT molecular complexity index is 647. The molecule has 0 bridgehead atoms. The lowest BCUT2D eigenvalue weighted by Crippen LogP contribution is -2.13. The first-order valence-corrected chi connectivity index (χ1v) is 6.12. The smallest absolute Gasteiger partial charge is 0.272 e. The number of Topliss-reactive ketones (excluding diaryl/α,β-unsaturated/α-hetero) is 1. The summed E-state index contributed by atoms with van der Waals surface area (Å²) in [6, 6.07) is 6.75. The molecule has 2 aromatic rings. The Hall–Kier alpha value is -2.07. The number of carbonyl (C=O) groups is 2. The minimum atomic E-state index is -0.294. The van der Waals surface area contributed by atoms with E-state index >= 15 is 0 Å². The van der Waals surface area contributed by atoms with Crippen molar-refractivity contribution in [2.75, 3.05) is 5.32 Å². The Morgan fingerprint density at radius 3 is 2.58 bits per heavy atom. The van der Waals surface area contributed by atoms with Gasteiger partial charge in [-0.25, -0.2) is 0 Å². The fourth-order valence-corrected chi connectivity index (χ4v) is 1.91. The van der Waals surface area contributed by atoms with Crippen LogP contribution in [0.3, 0.4) is 0 Å². The van der Waals surface area contributed by atoms with Crippen molar-refractivity contribution in [1.82, 2.24) is 4.98 Å². The van der Waals surface area contributed by atoms with E-state index in [-0.39, 0.29) is 11.7 Å². The molecule has 0 aliphatic carbocycles. The Morgan fingerprint density at radius 1 is 1.26 bits per heavy atom. The predicted molar refractivity (Wildman–Crippen MR) is 74.9 cm³/mol. The number of amides is 1. The summed E-state index contributed by atoms with van der Waals surface area (Å²) in [6.07, 6.45) is 1.52. The molecule has 19 heavy (non-hydrogen) atoms. The van der Waals surface area contributed by atoms with Crippen molar-refractivity contribution in [3.8, 4) is 0 Å². The highest BCUT2D eigenvalue weighted by molar-refractivity contribution is 6.30. The molecule has 0 spiro atoms. The van der Waals surface area contributed by atoms with Crippen LogP contribution in [-0.2, 0) is 0 Å². The second-order valence-electron chi connectivity index (χ2n) is 4.27. The molecule has 98 valence electrons. The fraction of sp³-hybridized carbons (Fsp3) is 0.143. The molecule has 0 radical (unpaired) electrons. The SMILES string of the molecule is CC(=O)c1c[nH]c(C(=O)Nc2ccc(Cl)cc2C)c1. The summed E-state index contributed by atoms with van der Waals surface area (Å²) in [6.45, 7) is 3.31. The number of aromatic amines is 1. The van der Waals surface area contributed by atoms with E-state index in [0.29, 0.717) is 22.0 Å². The van der Waals surface area contributed by atoms with Crippen molar-refractivity contribution in [1.29, 1.82) is 0 Å². The van der Waals surface area contributed by atoms with Gasteiger partial charge in [-0.3, -0.25) is 9.59 Å². The van der Waals surface area contributed by atoms with Crippen LogP contribution in [0.1, 0.15) is 33.3 Å². The number of H-pyrrole nitrogens is 1. The van der Waals surface area contributed by atoms with Gasteiger partial charge in [0.15, 0.2) is 5.78 Å². The Balaban J connectivity index is 2.18. The van der Waals surface area contributed by atoms with Gasteiger partial charge in [-0.2, -0.15) is 0 Å². The molecule has 1 amide bonds. The molecule has 2 rings (SSSR count). The molecule has 1 aromatic heterocycles. The normalized spacial score (nSPS) is 10.3. The number of hydrogen-bond acceptors (Lipinski definition) is 2. The summed E-state index contributed by atoms with van der Waals surface area (Å²) in [4.78, 5) is 25.9. The summed E-state index contributed by atoms with van der Waals surface area (Å²) < 4.78 is 0. The highest BCUT2D eigenvalue weighted by Crippen LogP contribution is 2.20. The molecule has 4 nitrogen and oxygen atoms in total. The van der Waals surface area contributed by atoms with Crippen LogP contribution >= 0.6 is 11.6 Å². The summed E-state index contributed by atoms with van der Waals surface area (Å²) in [5.41, 5.74) is 2.39. The number of halogens is 1. The van der Waals surface area contributed by atoms with E-state index in [2.05, 4.69) is 10.3 Å². The molecule has 1 aromatic carbocycles. The minimum Gasteiger partial charge on any atom is -0.356 e. The van der Waals surface area contributed by atoms with Gasteiger partial charge in [0.2, 0.25) is 0 Å². The molecule has 0 atom stereocenters. The average molecular weight is 277 g/mol. The fourth-order valence-electron chi connectivity index (χ4n) is 1.69.